The molecular formula is C21H21F4N5O4S. The molecular weight excluding hydrogens is 494 g/mol. The zero-order valence-electron chi connectivity index (χ0n) is 18.5. The first-order chi connectivity index (χ1) is 16.1. The first kappa shape index (κ1) is 24.9. The molecule has 1 atom stereocenters. The zero-order chi connectivity index (χ0) is 25.8. The molecule has 4 rings (SSSR count). The lowest BCUT2D eigenvalue weighted by Crippen LogP contribution is -2.77. The van der Waals surface area contributed by atoms with Crippen molar-refractivity contribution < 1.29 is 35.5 Å². The predicted molar refractivity (Wildman–Crippen MR) is 118 cm³/mol. The molecule has 0 unspecified atom stereocenters. The highest BCUT2D eigenvalue weighted by molar-refractivity contribution is 7.93. The third kappa shape index (κ3) is 4.55. The average molecular weight is 515 g/mol. The monoisotopic (exact) mass is 515 g/mol. The second-order valence-electron chi connectivity index (χ2n) is 8.83. The fourth-order valence-corrected chi connectivity index (χ4v) is 6.82. The predicted octanol–water partition coefficient (Wildman–Crippen LogP) is 2.27. The van der Waals surface area contributed by atoms with Crippen LogP contribution in [0.4, 0.5) is 23.2 Å². The van der Waals surface area contributed by atoms with E-state index in [1.54, 1.807) is 11.9 Å². The highest BCUT2D eigenvalue weighted by atomic mass is 32.2. The lowest BCUT2D eigenvalue weighted by atomic mass is 9.89. The number of nitrogens with one attached hydrogen (secondary N) is 3. The number of carbonyl (C=O) groups is 1. The molecule has 3 N–H and O–H groups in total. The minimum Gasteiger partial charge on any atom is -0.404 e. The summed E-state index contributed by atoms with van der Waals surface area (Å²) in [6.07, 6.45) is -4.17. The van der Waals surface area contributed by atoms with Gasteiger partial charge in [0.2, 0.25) is 0 Å². The SMILES string of the molecule is CN1CC2(C1)C(=N)N[C@](C)(c1cc(NC(=O)c3ccc(OC(F)(F)F)cn3)ccc1F)CS2(=O)=O. The molecule has 2 aliphatic rings. The van der Waals surface area contributed by atoms with Gasteiger partial charge in [0.15, 0.2) is 14.6 Å². The summed E-state index contributed by atoms with van der Waals surface area (Å²) in [5, 5.41) is 13.7. The molecule has 0 radical (unpaired) electrons. The number of benzene rings is 1. The van der Waals surface area contributed by atoms with E-state index in [0.717, 1.165) is 24.4 Å². The Bertz CT molecular complexity index is 1290. The van der Waals surface area contributed by atoms with Crippen LogP contribution in [-0.2, 0) is 15.4 Å². The number of aromatic nitrogens is 1. The van der Waals surface area contributed by atoms with E-state index in [2.05, 4.69) is 20.4 Å². The van der Waals surface area contributed by atoms with Gasteiger partial charge in [0.05, 0.1) is 17.5 Å². The van der Waals surface area contributed by atoms with Crippen LogP contribution in [0.3, 0.4) is 0 Å². The molecule has 9 nitrogen and oxygen atoms in total. The van der Waals surface area contributed by atoms with Crippen molar-refractivity contribution in [1.29, 1.82) is 5.41 Å². The maximum atomic E-state index is 14.8. The Morgan fingerprint density at radius 3 is 2.49 bits per heavy atom. The molecule has 35 heavy (non-hydrogen) atoms. The van der Waals surface area contributed by atoms with Gasteiger partial charge in [0.25, 0.3) is 5.91 Å². The summed E-state index contributed by atoms with van der Waals surface area (Å²) in [4.78, 5) is 17.9. The molecule has 1 amide bonds. The van der Waals surface area contributed by atoms with E-state index >= 15 is 0 Å². The van der Waals surface area contributed by atoms with Gasteiger partial charge in [-0.2, -0.15) is 0 Å². The van der Waals surface area contributed by atoms with E-state index in [0.29, 0.717) is 0 Å². The van der Waals surface area contributed by atoms with Crippen molar-refractivity contribution in [2.75, 3.05) is 31.2 Å². The second kappa shape index (κ2) is 8.16. The quantitative estimate of drug-likeness (QED) is 0.534. The van der Waals surface area contributed by atoms with Crippen molar-refractivity contribution in [1.82, 2.24) is 15.2 Å². The molecule has 14 heteroatoms. The van der Waals surface area contributed by atoms with E-state index in [-0.39, 0.29) is 35.9 Å². The van der Waals surface area contributed by atoms with Crippen LogP contribution < -0.4 is 15.4 Å². The molecule has 2 saturated heterocycles. The van der Waals surface area contributed by atoms with Crippen LogP contribution in [-0.4, -0.2) is 67.0 Å². The van der Waals surface area contributed by atoms with Gasteiger partial charge < -0.3 is 20.3 Å². The summed E-state index contributed by atoms with van der Waals surface area (Å²) in [6, 6.07) is 5.47. The number of amidine groups is 1. The number of sulfone groups is 1. The minimum absolute atomic E-state index is 0.0759. The van der Waals surface area contributed by atoms with Gasteiger partial charge >= 0.3 is 6.36 Å². The number of nitrogens with zero attached hydrogens (tertiary/aromatic N) is 2. The van der Waals surface area contributed by atoms with Crippen molar-refractivity contribution in [3.63, 3.8) is 0 Å². The summed E-state index contributed by atoms with van der Waals surface area (Å²) in [5.41, 5.74) is -1.69. The Morgan fingerprint density at radius 1 is 1.26 bits per heavy atom. The number of anilines is 1. The van der Waals surface area contributed by atoms with Crippen LogP contribution in [0.1, 0.15) is 23.0 Å². The van der Waals surface area contributed by atoms with E-state index in [1.165, 1.54) is 19.1 Å². The van der Waals surface area contributed by atoms with E-state index in [4.69, 9.17) is 5.41 Å². The van der Waals surface area contributed by atoms with Crippen LogP contribution in [0.15, 0.2) is 36.5 Å². The van der Waals surface area contributed by atoms with Crippen molar-refractivity contribution >= 4 is 27.3 Å². The molecule has 2 fully saturated rings. The molecule has 1 aromatic heterocycles. The average Bonchev–Trinajstić information content (AvgIpc) is 2.70. The fourth-order valence-electron chi connectivity index (χ4n) is 4.35. The van der Waals surface area contributed by atoms with Gasteiger partial charge in [-0.1, -0.05) is 0 Å². The Labute approximate surface area is 197 Å². The van der Waals surface area contributed by atoms with Crippen LogP contribution in [0, 0.1) is 11.2 Å². The smallest absolute Gasteiger partial charge is 0.404 e. The highest BCUT2D eigenvalue weighted by Crippen LogP contribution is 2.40. The Balaban J connectivity index is 1.55. The third-order valence-electron chi connectivity index (χ3n) is 6.00. The number of halogens is 4. The molecule has 1 spiro atoms. The van der Waals surface area contributed by atoms with E-state index < -0.39 is 49.7 Å². The first-order valence-electron chi connectivity index (χ1n) is 10.3. The topological polar surface area (TPSA) is 124 Å². The number of carbonyl (C=O) groups excluding carboxylic acids is 1. The molecule has 0 aliphatic carbocycles. The summed E-state index contributed by atoms with van der Waals surface area (Å²) in [6.45, 7) is 1.78. The summed E-state index contributed by atoms with van der Waals surface area (Å²) >= 11 is 0. The van der Waals surface area contributed by atoms with Gasteiger partial charge in [-0.3, -0.25) is 10.2 Å². The third-order valence-corrected chi connectivity index (χ3v) is 8.61. The standard InChI is InChI=1S/C21H21F4N5O4S/c1-19(11-35(32,33)20(18(26)29-19)9-30(2)10-20)14-7-12(3-5-15(14)22)28-17(31)16-6-4-13(8-27-16)34-21(23,24)25/h3-8H,9-11H2,1-2H3,(H2,26,29)(H,28,31)/t19-/m0/s1. The Hall–Kier alpha value is -3.26. The van der Waals surface area contributed by atoms with Crippen molar-refractivity contribution in [2.45, 2.75) is 23.6 Å². The van der Waals surface area contributed by atoms with E-state index in [1.807, 2.05) is 0 Å². The number of alkyl halides is 3. The molecule has 3 heterocycles. The molecule has 1 aromatic carbocycles. The summed E-state index contributed by atoms with van der Waals surface area (Å²) in [5.74, 6) is -2.82. The van der Waals surface area contributed by atoms with Gasteiger partial charge in [-0.05, 0) is 44.3 Å². The lowest BCUT2D eigenvalue weighted by molar-refractivity contribution is -0.274. The number of rotatable bonds is 4. The maximum absolute atomic E-state index is 14.8. The van der Waals surface area contributed by atoms with Crippen LogP contribution in [0.2, 0.25) is 0 Å². The number of amides is 1. The van der Waals surface area contributed by atoms with Crippen molar-refractivity contribution in [2.24, 2.45) is 0 Å². The van der Waals surface area contributed by atoms with Gasteiger partial charge in [-0.15, -0.1) is 13.2 Å². The molecule has 0 saturated carbocycles. The van der Waals surface area contributed by atoms with Crippen molar-refractivity contribution in [3.05, 3.63) is 53.6 Å². The first-order valence-corrected chi connectivity index (χ1v) is 11.9. The Morgan fingerprint density at radius 2 is 1.94 bits per heavy atom. The summed E-state index contributed by atoms with van der Waals surface area (Å²) < 4.78 is 80.3. The summed E-state index contributed by atoms with van der Waals surface area (Å²) in [7, 11) is -2.09. The lowest BCUT2D eigenvalue weighted by Gasteiger charge is -2.53. The van der Waals surface area contributed by atoms with Crippen LogP contribution in [0.25, 0.3) is 0 Å². The van der Waals surface area contributed by atoms with E-state index in [9.17, 15) is 30.8 Å². The zero-order valence-corrected chi connectivity index (χ0v) is 19.3. The number of likely N-dealkylation sites (tertiary alicyclic amines) is 1. The number of pyridine rings is 1. The number of hydrogen-bond acceptors (Lipinski definition) is 7. The number of hydrogen-bond donors (Lipinski definition) is 3. The normalized spacial score (nSPS) is 23.3. The molecule has 2 aliphatic heterocycles. The number of ether oxygens (including phenoxy) is 1. The highest BCUT2D eigenvalue weighted by Gasteiger charge is 2.61. The second-order valence-corrected chi connectivity index (χ2v) is 11.1. The fraction of sp³-hybridized carbons (Fsp3) is 0.381. The molecule has 2 aromatic rings. The van der Waals surface area contributed by atoms with Crippen LogP contribution in [0.5, 0.6) is 5.75 Å². The maximum Gasteiger partial charge on any atom is 0.573 e. The molecule has 188 valence electrons. The van der Waals surface area contributed by atoms with Crippen LogP contribution >= 0.6 is 0 Å². The van der Waals surface area contributed by atoms with Gasteiger partial charge in [-0.25, -0.2) is 17.8 Å². The largest absolute Gasteiger partial charge is 0.573 e. The minimum atomic E-state index is -4.91. The molecule has 0 bridgehead atoms. The Kier molecular flexibility index (Phi) is 5.79. The van der Waals surface area contributed by atoms with Crippen molar-refractivity contribution in [3.8, 4) is 5.75 Å². The van der Waals surface area contributed by atoms with Gasteiger partial charge in [0, 0.05) is 24.3 Å². The van der Waals surface area contributed by atoms with Gasteiger partial charge in [0.1, 0.15) is 23.1 Å².